The molecule has 1 heterocycles. The Labute approximate surface area is 65.7 Å². The number of nitrogens with zero attached hydrogens (tertiary/aromatic N) is 1. The van der Waals surface area contributed by atoms with Gasteiger partial charge in [0.2, 0.25) is 0 Å². The Kier molecular flexibility index (Phi) is 1.48. The van der Waals surface area contributed by atoms with E-state index in [-0.39, 0.29) is 0 Å². The Morgan fingerprint density at radius 1 is 1.18 bits per heavy atom. The van der Waals surface area contributed by atoms with E-state index in [1.165, 1.54) is 5.56 Å². The molecule has 0 unspecified atom stereocenters. The predicted octanol–water partition coefficient (Wildman–Crippen LogP) is 2.47. The fraction of sp³-hybridized carbons (Fsp3) is 0. The van der Waals surface area contributed by atoms with Gasteiger partial charge < -0.3 is 0 Å². The Morgan fingerprint density at radius 3 is 3.18 bits per heavy atom. The highest BCUT2D eigenvalue weighted by molar-refractivity contribution is 5.58. The Morgan fingerprint density at radius 2 is 2.18 bits per heavy atom. The van der Waals surface area contributed by atoms with Crippen LogP contribution in [0.25, 0.3) is 11.3 Å². The molecule has 52 valence electrons. The van der Waals surface area contributed by atoms with Crippen molar-refractivity contribution in [3.05, 3.63) is 48.7 Å². The molecule has 0 amide bonds. The van der Waals surface area contributed by atoms with E-state index in [9.17, 15) is 0 Å². The molecular formula is C10H8N+. The summed E-state index contributed by atoms with van der Waals surface area (Å²) >= 11 is 0. The molecule has 1 aliphatic carbocycles. The molecule has 0 aromatic carbocycles. The summed E-state index contributed by atoms with van der Waals surface area (Å²) in [7, 11) is 0. The first-order valence-corrected chi connectivity index (χ1v) is 3.60. The number of rotatable bonds is 0. The van der Waals surface area contributed by atoms with Gasteiger partial charge in [0.25, 0.3) is 0 Å². The summed E-state index contributed by atoms with van der Waals surface area (Å²) in [5.74, 6) is 0. The standard InChI is InChI=1S/C10H8N/c1-2-7-10-9(5-1)6-3-4-8-11-10/h1-8H/q+1. The molecule has 1 nitrogen and oxygen atoms in total. The minimum absolute atomic E-state index is 1.04. The maximum atomic E-state index is 4.24. The summed E-state index contributed by atoms with van der Waals surface area (Å²) in [5, 5.41) is 0. The van der Waals surface area contributed by atoms with E-state index >= 15 is 0 Å². The normalized spacial score (nSPS) is 9.82. The van der Waals surface area contributed by atoms with Crippen LogP contribution in [-0.4, -0.2) is 4.98 Å². The highest BCUT2D eigenvalue weighted by Gasteiger charge is 2.03. The molecule has 0 N–H and O–H groups in total. The number of hydrogen-bond donors (Lipinski definition) is 0. The smallest absolute Gasteiger partial charge is 0.174 e. The highest BCUT2D eigenvalue weighted by Crippen LogP contribution is 2.15. The van der Waals surface area contributed by atoms with Gasteiger partial charge >= 0.3 is 0 Å². The van der Waals surface area contributed by atoms with E-state index in [4.69, 9.17) is 0 Å². The molecule has 2 aliphatic rings. The van der Waals surface area contributed by atoms with Gasteiger partial charge in [0, 0.05) is 24.4 Å². The minimum atomic E-state index is 1.04. The van der Waals surface area contributed by atoms with Gasteiger partial charge in [-0.15, -0.1) is 0 Å². The van der Waals surface area contributed by atoms with Gasteiger partial charge in [-0.2, -0.15) is 4.98 Å². The molecule has 11 heavy (non-hydrogen) atoms. The summed E-state index contributed by atoms with van der Waals surface area (Å²) in [6.07, 6.45) is 1.81. The van der Waals surface area contributed by atoms with Gasteiger partial charge in [-0.3, -0.25) is 0 Å². The van der Waals surface area contributed by atoms with Crippen LogP contribution in [0.5, 0.6) is 0 Å². The topological polar surface area (TPSA) is 12.9 Å². The Hall–Kier alpha value is -1.50. The van der Waals surface area contributed by atoms with E-state index in [2.05, 4.69) is 17.1 Å². The van der Waals surface area contributed by atoms with E-state index in [0.29, 0.717) is 0 Å². The molecule has 0 fully saturated rings. The van der Waals surface area contributed by atoms with Crippen LogP contribution >= 0.6 is 0 Å². The third-order valence-electron chi connectivity index (χ3n) is 1.62. The van der Waals surface area contributed by atoms with Crippen molar-refractivity contribution in [2.24, 2.45) is 0 Å². The maximum Gasteiger partial charge on any atom is 0.174 e. The molecule has 0 spiro atoms. The van der Waals surface area contributed by atoms with Crippen LogP contribution in [0.1, 0.15) is 0 Å². The first-order chi connectivity index (χ1) is 5.47. The van der Waals surface area contributed by atoms with Crippen LogP contribution in [0.3, 0.4) is 0 Å². The lowest BCUT2D eigenvalue weighted by atomic mass is 10.1. The molecule has 2 rings (SSSR count). The summed E-state index contributed by atoms with van der Waals surface area (Å²) in [6.45, 7) is 0. The van der Waals surface area contributed by atoms with Crippen molar-refractivity contribution in [2.75, 3.05) is 0 Å². The van der Waals surface area contributed by atoms with E-state index < -0.39 is 0 Å². The monoisotopic (exact) mass is 142 g/mol. The van der Waals surface area contributed by atoms with Crippen molar-refractivity contribution >= 4 is 0 Å². The third kappa shape index (κ3) is 1.17. The fourth-order valence-electron chi connectivity index (χ4n) is 1.08. The quantitative estimate of drug-likeness (QED) is 0.515. The number of aromatic nitrogens is 1. The van der Waals surface area contributed by atoms with E-state index in [1.807, 2.05) is 36.5 Å². The van der Waals surface area contributed by atoms with Crippen LogP contribution in [0.4, 0.5) is 0 Å². The van der Waals surface area contributed by atoms with Crippen LogP contribution < -0.4 is 0 Å². The largest absolute Gasteiger partial charge is 0.190 e. The number of hydrogen-bond acceptors (Lipinski definition) is 1. The zero-order valence-electron chi connectivity index (χ0n) is 6.07. The highest BCUT2D eigenvalue weighted by atomic mass is 14.7. The van der Waals surface area contributed by atoms with Gasteiger partial charge in [-0.1, -0.05) is 6.07 Å². The van der Waals surface area contributed by atoms with Gasteiger partial charge in [-0.05, 0) is 12.1 Å². The number of benzene rings is 1. The maximum absolute atomic E-state index is 4.24. The van der Waals surface area contributed by atoms with Crippen LogP contribution in [0, 0.1) is 0 Å². The third-order valence-corrected chi connectivity index (χ3v) is 1.62. The molecule has 0 radical (unpaired) electrons. The van der Waals surface area contributed by atoms with Crippen molar-refractivity contribution in [2.45, 2.75) is 0 Å². The van der Waals surface area contributed by atoms with Crippen molar-refractivity contribution in [3.63, 3.8) is 0 Å². The molecular weight excluding hydrogens is 134 g/mol. The first-order valence-electron chi connectivity index (χ1n) is 3.60. The van der Waals surface area contributed by atoms with Crippen molar-refractivity contribution in [1.29, 1.82) is 0 Å². The molecule has 0 atom stereocenters. The molecule has 1 heteroatoms. The van der Waals surface area contributed by atoms with E-state index in [1.54, 1.807) is 0 Å². The summed E-state index contributed by atoms with van der Waals surface area (Å²) in [4.78, 5) is 4.24. The summed E-state index contributed by atoms with van der Waals surface area (Å²) < 4.78 is 0. The second-order valence-electron chi connectivity index (χ2n) is 2.39. The fourth-order valence-corrected chi connectivity index (χ4v) is 1.08. The average Bonchev–Trinajstić information content (AvgIpc) is 2.28. The second-order valence-corrected chi connectivity index (χ2v) is 2.39. The van der Waals surface area contributed by atoms with Crippen LogP contribution in [-0.2, 0) is 0 Å². The average molecular weight is 142 g/mol. The zero-order chi connectivity index (χ0) is 7.52. The van der Waals surface area contributed by atoms with Gasteiger partial charge in [0.05, 0.1) is 6.07 Å². The lowest BCUT2D eigenvalue weighted by Gasteiger charge is -1.85. The SMILES string of the molecule is c1ccc2cc[cH+]cc-2nc1. The molecule has 0 saturated carbocycles. The van der Waals surface area contributed by atoms with Gasteiger partial charge in [0.15, 0.2) is 5.69 Å². The Balaban J connectivity index is 2.75. The van der Waals surface area contributed by atoms with Gasteiger partial charge in [-0.25, -0.2) is 0 Å². The van der Waals surface area contributed by atoms with E-state index in [0.717, 1.165) is 5.69 Å². The molecule has 0 bridgehead atoms. The number of para-hydroxylation sites is 1. The van der Waals surface area contributed by atoms with Crippen molar-refractivity contribution < 1.29 is 0 Å². The Bertz CT molecular complexity index is 303. The lowest BCUT2D eigenvalue weighted by Crippen LogP contribution is -1.76. The van der Waals surface area contributed by atoms with Crippen molar-refractivity contribution in [3.8, 4) is 11.3 Å². The minimum Gasteiger partial charge on any atom is -0.190 e. The summed E-state index contributed by atoms with van der Waals surface area (Å²) in [5.41, 5.74) is 2.22. The molecule has 0 saturated heterocycles. The second kappa shape index (κ2) is 2.62. The van der Waals surface area contributed by atoms with Crippen LogP contribution in [0.15, 0.2) is 48.7 Å². The van der Waals surface area contributed by atoms with Crippen molar-refractivity contribution in [1.82, 2.24) is 4.98 Å². The molecule has 0 aromatic rings. The zero-order valence-corrected chi connectivity index (χ0v) is 6.07. The predicted molar refractivity (Wildman–Crippen MR) is 45.3 cm³/mol. The lowest BCUT2D eigenvalue weighted by molar-refractivity contribution is 1.36. The first kappa shape index (κ1) is 6.23. The molecule has 1 aliphatic heterocycles. The van der Waals surface area contributed by atoms with Crippen LogP contribution in [0.2, 0.25) is 0 Å². The van der Waals surface area contributed by atoms with Gasteiger partial charge in [0.1, 0.15) is 5.56 Å². The summed E-state index contributed by atoms with van der Waals surface area (Å²) in [6, 6.07) is 14.1. The molecule has 0 aromatic heterocycles. The number of fused-ring (bicyclic) bond motifs is 1.